The predicted molar refractivity (Wildman–Crippen MR) is 94.1 cm³/mol. The van der Waals surface area contributed by atoms with Crippen LogP contribution in [0.1, 0.15) is 89.9 Å². The minimum Gasteiger partial charge on any atom is -0.481 e. The molecule has 24 heavy (non-hydrogen) atoms. The highest BCUT2D eigenvalue weighted by Crippen LogP contribution is 2.10. The predicted octanol–water partition coefficient (Wildman–Crippen LogP) is 3.59. The zero-order valence-electron chi connectivity index (χ0n) is 14.9. The van der Waals surface area contributed by atoms with Crippen molar-refractivity contribution in [1.29, 1.82) is 0 Å². The number of carbonyl (C=O) groups is 2. The van der Waals surface area contributed by atoms with Crippen molar-refractivity contribution in [3.63, 3.8) is 0 Å². The summed E-state index contributed by atoms with van der Waals surface area (Å²) in [7, 11) is 0. The Kier molecular flexibility index (Phi) is 22.9. The van der Waals surface area contributed by atoms with Gasteiger partial charge in [0.2, 0.25) is 0 Å². The van der Waals surface area contributed by atoms with Gasteiger partial charge in [0.25, 0.3) is 0 Å². The first-order valence-corrected chi connectivity index (χ1v) is 9.20. The molecule has 0 atom stereocenters. The topological polar surface area (TPSA) is 115 Å². The molecule has 0 unspecified atom stereocenters. The third kappa shape index (κ3) is 28.9. The van der Waals surface area contributed by atoms with Crippen LogP contribution in [-0.2, 0) is 9.59 Å². The average molecular weight is 348 g/mol. The first-order valence-electron chi connectivity index (χ1n) is 9.20. The van der Waals surface area contributed by atoms with E-state index in [-0.39, 0.29) is 26.1 Å². The zero-order valence-corrected chi connectivity index (χ0v) is 14.9. The molecule has 0 aliphatic carbocycles. The molecule has 0 aromatic heterocycles. The molecule has 4 N–H and O–H groups in total. The van der Waals surface area contributed by atoms with E-state index in [2.05, 4.69) is 0 Å². The van der Waals surface area contributed by atoms with Gasteiger partial charge in [0, 0.05) is 26.1 Å². The molecule has 144 valence electrons. The second kappa shape index (κ2) is 21.9. The van der Waals surface area contributed by atoms with Crippen molar-refractivity contribution in [1.82, 2.24) is 0 Å². The van der Waals surface area contributed by atoms with Gasteiger partial charge in [-0.1, -0.05) is 51.4 Å². The molecule has 0 spiro atoms. The molecule has 0 heterocycles. The molecule has 0 bridgehead atoms. The number of carboxylic acids is 2. The van der Waals surface area contributed by atoms with Gasteiger partial charge < -0.3 is 20.4 Å². The second-order valence-electron chi connectivity index (χ2n) is 5.98. The number of aliphatic carboxylic acids is 2. The van der Waals surface area contributed by atoms with Crippen LogP contribution in [0.4, 0.5) is 0 Å². The highest BCUT2D eigenvalue weighted by Gasteiger charge is 1.98. The lowest BCUT2D eigenvalue weighted by Crippen LogP contribution is -1.94. The van der Waals surface area contributed by atoms with Gasteiger partial charge in [0.15, 0.2) is 0 Å². The first-order chi connectivity index (χ1) is 11.5. The van der Waals surface area contributed by atoms with E-state index in [1.807, 2.05) is 0 Å². The van der Waals surface area contributed by atoms with Gasteiger partial charge in [-0.15, -0.1) is 0 Å². The van der Waals surface area contributed by atoms with Gasteiger partial charge in [-0.2, -0.15) is 0 Å². The quantitative estimate of drug-likeness (QED) is 0.317. The summed E-state index contributed by atoms with van der Waals surface area (Å²) in [6.45, 7) is 0.566. The summed E-state index contributed by atoms with van der Waals surface area (Å²) in [6.07, 6.45) is 12.3. The summed E-state index contributed by atoms with van der Waals surface area (Å²) >= 11 is 0. The summed E-state index contributed by atoms with van der Waals surface area (Å²) in [4.78, 5) is 20.4. The SMILES string of the molecule is O=C(O)CCCCCCCCCCC(=O)O.OCCCCCCO. The van der Waals surface area contributed by atoms with Crippen LogP contribution in [0.25, 0.3) is 0 Å². The molecule has 0 aromatic rings. The fraction of sp³-hybridized carbons (Fsp3) is 0.889. The lowest BCUT2D eigenvalue weighted by atomic mass is 10.1. The minimum atomic E-state index is -0.714. The van der Waals surface area contributed by atoms with Crippen LogP contribution < -0.4 is 0 Å². The average Bonchev–Trinajstić information content (AvgIpc) is 2.53. The number of unbranched alkanes of at least 4 members (excludes halogenated alkanes) is 10. The van der Waals surface area contributed by atoms with Crippen LogP contribution in [0.3, 0.4) is 0 Å². The highest BCUT2D eigenvalue weighted by molar-refractivity contribution is 5.66. The van der Waals surface area contributed by atoms with E-state index in [0.29, 0.717) is 0 Å². The van der Waals surface area contributed by atoms with Crippen molar-refractivity contribution in [2.24, 2.45) is 0 Å². The van der Waals surface area contributed by atoms with Gasteiger partial charge in [-0.25, -0.2) is 0 Å². The summed E-state index contributed by atoms with van der Waals surface area (Å²) in [5.41, 5.74) is 0. The van der Waals surface area contributed by atoms with Crippen molar-refractivity contribution in [3.8, 4) is 0 Å². The number of aliphatic hydroxyl groups is 2. The maximum absolute atomic E-state index is 10.2. The third-order valence-electron chi connectivity index (χ3n) is 3.60. The van der Waals surface area contributed by atoms with E-state index in [1.54, 1.807) is 0 Å². The van der Waals surface area contributed by atoms with Gasteiger partial charge in [-0.05, 0) is 25.7 Å². The maximum atomic E-state index is 10.2. The van der Waals surface area contributed by atoms with Crippen LogP contribution >= 0.6 is 0 Å². The fourth-order valence-electron chi connectivity index (χ4n) is 2.19. The summed E-state index contributed by atoms with van der Waals surface area (Å²) in [5, 5.41) is 33.4. The number of carboxylic acid groups (broad SMARTS) is 2. The molecule has 0 saturated carbocycles. The Hall–Kier alpha value is -1.14. The van der Waals surface area contributed by atoms with E-state index in [1.165, 1.54) is 0 Å². The van der Waals surface area contributed by atoms with Crippen LogP contribution in [-0.4, -0.2) is 45.6 Å². The molecule has 0 aliphatic heterocycles. The highest BCUT2D eigenvalue weighted by atomic mass is 16.4. The summed E-state index contributed by atoms with van der Waals surface area (Å²) in [6, 6.07) is 0. The van der Waals surface area contributed by atoms with Crippen molar-refractivity contribution in [2.75, 3.05) is 13.2 Å². The van der Waals surface area contributed by atoms with Crippen LogP contribution in [0.5, 0.6) is 0 Å². The number of hydrogen-bond donors (Lipinski definition) is 4. The molecule has 0 aliphatic rings. The van der Waals surface area contributed by atoms with Crippen LogP contribution in [0, 0.1) is 0 Å². The molecule has 6 nitrogen and oxygen atoms in total. The smallest absolute Gasteiger partial charge is 0.303 e. The zero-order chi connectivity index (χ0) is 18.5. The number of hydrogen-bond acceptors (Lipinski definition) is 4. The van der Waals surface area contributed by atoms with E-state index in [0.717, 1.165) is 77.0 Å². The first kappa shape index (κ1) is 25.1. The van der Waals surface area contributed by atoms with Crippen molar-refractivity contribution in [2.45, 2.75) is 89.9 Å². The van der Waals surface area contributed by atoms with E-state index in [9.17, 15) is 9.59 Å². The molecule has 0 amide bonds. The van der Waals surface area contributed by atoms with E-state index >= 15 is 0 Å². The Morgan fingerprint density at radius 1 is 0.458 bits per heavy atom. The molecule has 0 saturated heterocycles. The van der Waals surface area contributed by atoms with Gasteiger partial charge in [0.05, 0.1) is 0 Å². The van der Waals surface area contributed by atoms with E-state index in [4.69, 9.17) is 20.4 Å². The van der Waals surface area contributed by atoms with Crippen molar-refractivity contribution < 1.29 is 30.0 Å². The molecular formula is C18H36O6. The molecule has 0 aromatic carbocycles. The normalized spacial score (nSPS) is 10.1. The number of aliphatic hydroxyl groups excluding tert-OH is 2. The van der Waals surface area contributed by atoms with Crippen LogP contribution in [0.2, 0.25) is 0 Å². The summed E-state index contributed by atoms with van der Waals surface area (Å²) < 4.78 is 0. The fourth-order valence-corrected chi connectivity index (χ4v) is 2.19. The Morgan fingerprint density at radius 3 is 0.958 bits per heavy atom. The standard InChI is InChI=1S/C12H22O4.C6H14O2/c13-11(14)9-7-5-3-1-2-4-6-8-10-12(15)16;7-5-3-1-2-4-6-8/h1-10H2,(H,13,14)(H,15,16);7-8H,1-6H2. The lowest BCUT2D eigenvalue weighted by Gasteiger charge is -2.00. The monoisotopic (exact) mass is 348 g/mol. The molecule has 0 rings (SSSR count). The third-order valence-corrected chi connectivity index (χ3v) is 3.60. The maximum Gasteiger partial charge on any atom is 0.303 e. The van der Waals surface area contributed by atoms with Crippen LogP contribution in [0.15, 0.2) is 0 Å². The minimum absolute atomic E-state index is 0.276. The summed E-state index contributed by atoms with van der Waals surface area (Å²) in [5.74, 6) is -1.43. The second-order valence-corrected chi connectivity index (χ2v) is 5.98. The Labute approximate surface area is 145 Å². The number of rotatable bonds is 16. The van der Waals surface area contributed by atoms with Gasteiger partial charge in [0.1, 0.15) is 0 Å². The van der Waals surface area contributed by atoms with Crippen molar-refractivity contribution in [3.05, 3.63) is 0 Å². The largest absolute Gasteiger partial charge is 0.481 e. The van der Waals surface area contributed by atoms with E-state index < -0.39 is 11.9 Å². The Morgan fingerprint density at radius 2 is 0.708 bits per heavy atom. The van der Waals surface area contributed by atoms with Gasteiger partial charge >= 0.3 is 11.9 Å². The van der Waals surface area contributed by atoms with Crippen molar-refractivity contribution >= 4 is 11.9 Å². The Balaban J connectivity index is 0. The Bertz CT molecular complexity index is 253. The van der Waals surface area contributed by atoms with Gasteiger partial charge in [-0.3, -0.25) is 9.59 Å². The lowest BCUT2D eigenvalue weighted by molar-refractivity contribution is -0.138. The molecule has 6 heteroatoms. The molecule has 0 radical (unpaired) electrons. The molecule has 0 fully saturated rings. The molecular weight excluding hydrogens is 312 g/mol.